The molecule has 0 fully saturated rings. The van der Waals surface area contributed by atoms with Crippen LogP contribution in [0.15, 0.2) is 56.4 Å². The Labute approximate surface area is 145 Å². The standard InChI is InChI=1S/C17H14Br2N2O/c18-11-6-7-14(15(19)10-11)17(22)13-5-2-1-4-12(13)16-20-8-3-9-21(16)17/h1-2,4-7,10,22H,3,8-9H2. The van der Waals surface area contributed by atoms with E-state index in [2.05, 4.69) is 36.9 Å². The molecule has 2 aliphatic heterocycles. The van der Waals surface area contributed by atoms with Gasteiger partial charge in [-0.1, -0.05) is 62.2 Å². The van der Waals surface area contributed by atoms with Gasteiger partial charge in [0.2, 0.25) is 0 Å². The summed E-state index contributed by atoms with van der Waals surface area (Å²) in [6, 6.07) is 13.9. The van der Waals surface area contributed by atoms with Crippen LogP contribution in [-0.2, 0) is 5.72 Å². The van der Waals surface area contributed by atoms with Crippen molar-refractivity contribution >= 4 is 37.7 Å². The summed E-state index contributed by atoms with van der Waals surface area (Å²) in [4.78, 5) is 6.68. The van der Waals surface area contributed by atoms with Crippen molar-refractivity contribution in [3.63, 3.8) is 0 Å². The summed E-state index contributed by atoms with van der Waals surface area (Å²) < 4.78 is 1.86. The monoisotopic (exact) mass is 420 g/mol. The van der Waals surface area contributed by atoms with Crippen molar-refractivity contribution in [3.8, 4) is 0 Å². The second kappa shape index (κ2) is 5.18. The van der Waals surface area contributed by atoms with Gasteiger partial charge in [0.1, 0.15) is 5.84 Å². The van der Waals surface area contributed by atoms with Crippen LogP contribution < -0.4 is 0 Å². The normalized spacial score (nSPS) is 23.0. The highest BCUT2D eigenvalue weighted by Crippen LogP contribution is 2.46. The molecule has 3 nitrogen and oxygen atoms in total. The van der Waals surface area contributed by atoms with Gasteiger partial charge in [0.05, 0.1) is 0 Å². The van der Waals surface area contributed by atoms with Crippen molar-refractivity contribution in [2.45, 2.75) is 12.1 Å². The first-order valence-corrected chi connectivity index (χ1v) is 8.81. The van der Waals surface area contributed by atoms with Gasteiger partial charge in [-0.3, -0.25) is 4.99 Å². The lowest BCUT2D eigenvalue weighted by Crippen LogP contribution is -2.47. The fourth-order valence-electron chi connectivity index (χ4n) is 3.34. The molecule has 2 heterocycles. The zero-order chi connectivity index (χ0) is 15.3. The summed E-state index contributed by atoms with van der Waals surface area (Å²) in [7, 11) is 0. The number of halogens is 2. The van der Waals surface area contributed by atoms with Crippen molar-refractivity contribution in [3.05, 3.63) is 68.1 Å². The number of hydrogen-bond acceptors (Lipinski definition) is 3. The summed E-state index contributed by atoms with van der Waals surface area (Å²) in [6.45, 7) is 1.62. The predicted molar refractivity (Wildman–Crippen MR) is 94.0 cm³/mol. The van der Waals surface area contributed by atoms with Crippen LogP contribution in [-0.4, -0.2) is 28.9 Å². The number of aliphatic imine (C=N–C) groups is 1. The lowest BCUT2D eigenvalue weighted by molar-refractivity contribution is -0.0324. The molecule has 0 aliphatic carbocycles. The second-order valence-corrected chi connectivity index (χ2v) is 7.32. The molecule has 0 spiro atoms. The molecular formula is C17H14Br2N2O. The number of hydrogen-bond donors (Lipinski definition) is 1. The number of aliphatic hydroxyl groups is 1. The third kappa shape index (κ3) is 1.92. The third-order valence-corrected chi connectivity index (χ3v) is 5.45. The van der Waals surface area contributed by atoms with Crippen LogP contribution in [0, 0.1) is 0 Å². The summed E-state index contributed by atoms with van der Waals surface area (Å²) in [5, 5.41) is 11.7. The van der Waals surface area contributed by atoms with E-state index in [-0.39, 0.29) is 0 Å². The van der Waals surface area contributed by atoms with Crippen LogP contribution in [0.25, 0.3) is 0 Å². The molecule has 22 heavy (non-hydrogen) atoms. The minimum Gasteiger partial charge on any atom is -0.363 e. The summed E-state index contributed by atoms with van der Waals surface area (Å²) >= 11 is 7.08. The summed E-state index contributed by atoms with van der Waals surface area (Å²) in [5.74, 6) is 0.902. The fraction of sp³-hybridized carbons (Fsp3) is 0.235. The molecule has 4 rings (SSSR count). The van der Waals surface area contributed by atoms with Gasteiger partial charge in [-0.05, 0) is 18.6 Å². The molecule has 0 bridgehead atoms. The number of benzene rings is 2. The van der Waals surface area contributed by atoms with Gasteiger partial charge in [0.15, 0.2) is 5.72 Å². The second-order valence-electron chi connectivity index (χ2n) is 5.55. The molecule has 0 radical (unpaired) electrons. The molecule has 0 aromatic heterocycles. The first kappa shape index (κ1) is 14.4. The maximum absolute atomic E-state index is 11.7. The average Bonchev–Trinajstić information content (AvgIpc) is 2.79. The SMILES string of the molecule is OC1(c2ccc(Br)cc2Br)c2ccccc2C2=NCCCN21. The van der Waals surface area contributed by atoms with Crippen molar-refractivity contribution in [1.82, 2.24) is 4.90 Å². The molecule has 1 unspecified atom stereocenters. The van der Waals surface area contributed by atoms with Crippen molar-refractivity contribution < 1.29 is 5.11 Å². The Morgan fingerprint density at radius 2 is 1.91 bits per heavy atom. The predicted octanol–water partition coefficient (Wildman–Crippen LogP) is 3.87. The zero-order valence-corrected chi connectivity index (χ0v) is 14.9. The van der Waals surface area contributed by atoms with Crippen LogP contribution >= 0.6 is 31.9 Å². The molecule has 2 aromatic rings. The Hall–Kier alpha value is -1.17. The first-order valence-electron chi connectivity index (χ1n) is 7.22. The van der Waals surface area contributed by atoms with E-state index >= 15 is 0 Å². The molecule has 1 N–H and O–H groups in total. The average molecular weight is 422 g/mol. The van der Waals surface area contributed by atoms with Gasteiger partial charge >= 0.3 is 0 Å². The van der Waals surface area contributed by atoms with E-state index < -0.39 is 5.72 Å². The highest BCUT2D eigenvalue weighted by Gasteiger charge is 2.49. The lowest BCUT2D eigenvalue weighted by Gasteiger charge is -2.38. The molecule has 1 atom stereocenters. The first-order chi connectivity index (χ1) is 10.6. The number of rotatable bonds is 1. The van der Waals surface area contributed by atoms with Crippen LogP contribution in [0.3, 0.4) is 0 Å². The van der Waals surface area contributed by atoms with E-state index in [4.69, 9.17) is 0 Å². The Balaban J connectivity index is 2.00. The van der Waals surface area contributed by atoms with Crippen LogP contribution in [0.2, 0.25) is 0 Å². The fourth-order valence-corrected chi connectivity index (χ4v) is 4.66. The van der Waals surface area contributed by atoms with E-state index in [0.29, 0.717) is 0 Å². The van der Waals surface area contributed by atoms with E-state index in [9.17, 15) is 5.11 Å². The van der Waals surface area contributed by atoms with Crippen molar-refractivity contribution in [2.24, 2.45) is 4.99 Å². The molecule has 112 valence electrons. The zero-order valence-electron chi connectivity index (χ0n) is 11.8. The van der Waals surface area contributed by atoms with E-state index in [1.165, 1.54) is 0 Å². The Kier molecular flexibility index (Phi) is 3.40. The third-order valence-electron chi connectivity index (χ3n) is 4.30. The van der Waals surface area contributed by atoms with Crippen molar-refractivity contribution in [2.75, 3.05) is 13.1 Å². The van der Waals surface area contributed by atoms with Gasteiger partial charge in [0.25, 0.3) is 0 Å². The highest BCUT2D eigenvalue weighted by molar-refractivity contribution is 9.11. The quantitative estimate of drug-likeness (QED) is 0.758. The van der Waals surface area contributed by atoms with Gasteiger partial charge in [0, 0.05) is 38.7 Å². The molecule has 0 saturated heterocycles. The number of nitrogens with zero attached hydrogens (tertiary/aromatic N) is 2. The molecular weight excluding hydrogens is 408 g/mol. The lowest BCUT2D eigenvalue weighted by atomic mass is 9.94. The van der Waals surface area contributed by atoms with E-state index in [1.54, 1.807) is 0 Å². The Morgan fingerprint density at radius 1 is 1.09 bits per heavy atom. The molecule has 2 aromatic carbocycles. The molecule has 2 aliphatic rings. The number of fused-ring (bicyclic) bond motifs is 3. The van der Waals surface area contributed by atoms with E-state index in [0.717, 1.165) is 51.0 Å². The summed E-state index contributed by atoms with van der Waals surface area (Å²) in [5.41, 5.74) is 1.60. The van der Waals surface area contributed by atoms with Gasteiger partial charge in [-0.15, -0.1) is 0 Å². The molecule has 0 saturated carbocycles. The smallest absolute Gasteiger partial charge is 0.194 e. The van der Waals surface area contributed by atoms with E-state index in [1.807, 2.05) is 47.4 Å². The van der Waals surface area contributed by atoms with Crippen LogP contribution in [0.4, 0.5) is 0 Å². The minimum atomic E-state index is -1.17. The largest absolute Gasteiger partial charge is 0.363 e. The molecule has 5 heteroatoms. The van der Waals surface area contributed by atoms with Gasteiger partial charge < -0.3 is 10.0 Å². The minimum absolute atomic E-state index is 0.798. The van der Waals surface area contributed by atoms with Crippen LogP contribution in [0.1, 0.15) is 23.1 Å². The van der Waals surface area contributed by atoms with Crippen LogP contribution in [0.5, 0.6) is 0 Å². The molecule has 0 amide bonds. The van der Waals surface area contributed by atoms with Crippen molar-refractivity contribution in [1.29, 1.82) is 0 Å². The summed E-state index contributed by atoms with van der Waals surface area (Å²) in [6.07, 6.45) is 0.952. The van der Waals surface area contributed by atoms with Gasteiger partial charge in [-0.2, -0.15) is 0 Å². The Morgan fingerprint density at radius 3 is 2.73 bits per heavy atom. The Bertz CT molecular complexity index is 790. The maximum atomic E-state index is 11.7. The van der Waals surface area contributed by atoms with Gasteiger partial charge in [-0.25, -0.2) is 0 Å². The highest BCUT2D eigenvalue weighted by atomic mass is 79.9. The number of amidine groups is 1. The topological polar surface area (TPSA) is 35.8 Å². The maximum Gasteiger partial charge on any atom is 0.194 e.